The summed E-state index contributed by atoms with van der Waals surface area (Å²) >= 11 is 10.3. The first kappa shape index (κ1) is 19.8. The van der Waals surface area contributed by atoms with Gasteiger partial charge in [0.05, 0.1) is 0 Å². The lowest BCUT2D eigenvalue weighted by Crippen LogP contribution is -1.78. The molecular weight excluding hydrogens is 508 g/mol. The van der Waals surface area contributed by atoms with Crippen molar-refractivity contribution < 1.29 is 4.79 Å². The molecule has 3 aromatic carbocycles. The molecule has 0 radical (unpaired) electrons. The first-order valence-electron chi connectivity index (χ1n) is 7.48. The van der Waals surface area contributed by atoms with E-state index < -0.39 is 0 Å². The van der Waals surface area contributed by atoms with Crippen molar-refractivity contribution in [3.63, 3.8) is 0 Å². The number of hydrogen-bond donors (Lipinski definition) is 0. The summed E-state index contributed by atoms with van der Waals surface area (Å²) in [5.41, 5.74) is 3.05. The van der Waals surface area contributed by atoms with Gasteiger partial charge in [-0.3, -0.25) is 4.79 Å². The molecule has 0 saturated carbocycles. The van der Waals surface area contributed by atoms with Crippen LogP contribution in [0.3, 0.4) is 0 Å². The van der Waals surface area contributed by atoms with Gasteiger partial charge in [-0.2, -0.15) is 0 Å². The quantitative estimate of drug-likeness (QED) is 0.255. The number of rotatable bonds is 3. The SMILES string of the molecule is Brc1ccccc1/C=C/c1ccccc1Br.O=Cc1ccccc1Br. The number of hydrogen-bond acceptors (Lipinski definition) is 1. The van der Waals surface area contributed by atoms with Gasteiger partial charge in [0.25, 0.3) is 0 Å². The molecule has 126 valence electrons. The molecule has 0 aliphatic carbocycles. The van der Waals surface area contributed by atoms with Gasteiger partial charge in [0.2, 0.25) is 0 Å². The van der Waals surface area contributed by atoms with Crippen molar-refractivity contribution in [2.75, 3.05) is 0 Å². The zero-order chi connectivity index (χ0) is 18.1. The van der Waals surface area contributed by atoms with Crippen LogP contribution in [-0.2, 0) is 0 Å². The lowest BCUT2D eigenvalue weighted by atomic mass is 10.1. The van der Waals surface area contributed by atoms with E-state index in [9.17, 15) is 4.79 Å². The third kappa shape index (κ3) is 6.38. The summed E-state index contributed by atoms with van der Waals surface area (Å²) in [6, 6.07) is 23.6. The molecule has 0 aliphatic heterocycles. The van der Waals surface area contributed by atoms with Gasteiger partial charge in [-0.05, 0) is 29.3 Å². The third-order valence-electron chi connectivity index (χ3n) is 3.29. The van der Waals surface area contributed by atoms with Gasteiger partial charge >= 0.3 is 0 Å². The van der Waals surface area contributed by atoms with E-state index in [1.54, 1.807) is 6.07 Å². The maximum atomic E-state index is 10.2. The van der Waals surface area contributed by atoms with Crippen LogP contribution < -0.4 is 0 Å². The average Bonchev–Trinajstić information content (AvgIpc) is 2.63. The molecular formula is C21H15Br3O. The van der Waals surface area contributed by atoms with Gasteiger partial charge in [0.15, 0.2) is 6.29 Å². The molecule has 0 amide bonds. The van der Waals surface area contributed by atoms with Crippen molar-refractivity contribution >= 4 is 66.2 Å². The van der Waals surface area contributed by atoms with E-state index in [2.05, 4.69) is 72.1 Å². The van der Waals surface area contributed by atoms with E-state index in [-0.39, 0.29) is 0 Å². The number of carbonyl (C=O) groups excluding carboxylic acids is 1. The molecule has 3 aromatic rings. The van der Waals surface area contributed by atoms with Gasteiger partial charge in [-0.25, -0.2) is 0 Å². The molecule has 0 N–H and O–H groups in total. The Hall–Kier alpha value is -1.49. The van der Waals surface area contributed by atoms with E-state index >= 15 is 0 Å². The molecule has 0 unspecified atom stereocenters. The molecule has 0 aromatic heterocycles. The Bertz CT molecular complexity index is 825. The van der Waals surface area contributed by atoms with Crippen molar-refractivity contribution in [3.8, 4) is 0 Å². The van der Waals surface area contributed by atoms with Crippen molar-refractivity contribution in [1.82, 2.24) is 0 Å². The normalized spacial score (nSPS) is 10.2. The summed E-state index contributed by atoms with van der Waals surface area (Å²) in [6.07, 6.45) is 5.03. The second kappa shape index (κ2) is 10.5. The predicted octanol–water partition coefficient (Wildman–Crippen LogP) is 7.64. The molecule has 3 rings (SSSR count). The zero-order valence-electron chi connectivity index (χ0n) is 13.2. The van der Waals surface area contributed by atoms with Crippen molar-refractivity contribution in [1.29, 1.82) is 0 Å². The van der Waals surface area contributed by atoms with E-state index in [0.717, 1.165) is 19.7 Å². The van der Waals surface area contributed by atoms with Gasteiger partial charge in [0, 0.05) is 19.0 Å². The second-order valence-electron chi connectivity index (χ2n) is 5.02. The van der Waals surface area contributed by atoms with Crippen LogP contribution in [0.25, 0.3) is 12.2 Å². The van der Waals surface area contributed by atoms with Crippen molar-refractivity contribution in [2.45, 2.75) is 0 Å². The highest BCUT2D eigenvalue weighted by molar-refractivity contribution is 9.11. The predicted molar refractivity (Wildman–Crippen MR) is 117 cm³/mol. The fourth-order valence-corrected chi connectivity index (χ4v) is 3.18. The summed E-state index contributed by atoms with van der Waals surface area (Å²) in [7, 11) is 0. The Morgan fingerprint density at radius 1 is 0.520 bits per heavy atom. The Labute approximate surface area is 173 Å². The average molecular weight is 523 g/mol. The Kier molecular flexibility index (Phi) is 8.32. The molecule has 4 heteroatoms. The van der Waals surface area contributed by atoms with Crippen molar-refractivity contribution in [3.05, 3.63) is 103 Å². The molecule has 0 aliphatic rings. The molecule has 25 heavy (non-hydrogen) atoms. The minimum atomic E-state index is 0.692. The monoisotopic (exact) mass is 520 g/mol. The van der Waals surface area contributed by atoms with E-state index in [0.29, 0.717) is 5.56 Å². The summed E-state index contributed by atoms with van der Waals surface area (Å²) in [6.45, 7) is 0. The Balaban J connectivity index is 0.000000212. The topological polar surface area (TPSA) is 17.1 Å². The maximum absolute atomic E-state index is 10.2. The smallest absolute Gasteiger partial charge is 0.151 e. The molecule has 0 fully saturated rings. The zero-order valence-corrected chi connectivity index (χ0v) is 18.0. The van der Waals surface area contributed by atoms with Crippen LogP contribution in [0.5, 0.6) is 0 Å². The molecule has 0 atom stereocenters. The van der Waals surface area contributed by atoms with Crippen LogP contribution in [0.2, 0.25) is 0 Å². The first-order chi connectivity index (χ1) is 12.1. The summed E-state index contributed by atoms with van der Waals surface area (Å²) < 4.78 is 3.07. The molecule has 0 heterocycles. The van der Waals surface area contributed by atoms with Gasteiger partial charge < -0.3 is 0 Å². The van der Waals surface area contributed by atoms with Gasteiger partial charge in [0.1, 0.15) is 0 Å². The minimum absolute atomic E-state index is 0.692. The van der Waals surface area contributed by atoms with Crippen LogP contribution in [0.15, 0.2) is 86.2 Å². The highest BCUT2D eigenvalue weighted by Gasteiger charge is 1.95. The summed E-state index contributed by atoms with van der Waals surface area (Å²) in [5.74, 6) is 0. The lowest BCUT2D eigenvalue weighted by Gasteiger charge is -1.99. The van der Waals surface area contributed by atoms with E-state index in [1.165, 1.54) is 11.1 Å². The van der Waals surface area contributed by atoms with Crippen molar-refractivity contribution in [2.24, 2.45) is 0 Å². The standard InChI is InChI=1S/C14H10Br2.C7H5BrO/c15-13-7-3-1-5-11(13)9-10-12-6-2-4-8-14(12)16;8-7-4-2-1-3-6(7)5-9/h1-10H;1-5H/b10-9+;. The highest BCUT2D eigenvalue weighted by Crippen LogP contribution is 2.21. The second-order valence-corrected chi connectivity index (χ2v) is 7.58. The largest absolute Gasteiger partial charge is 0.298 e. The Morgan fingerprint density at radius 2 is 0.840 bits per heavy atom. The highest BCUT2D eigenvalue weighted by atomic mass is 79.9. The van der Waals surface area contributed by atoms with Crippen LogP contribution in [0, 0.1) is 0 Å². The number of aldehydes is 1. The molecule has 0 saturated heterocycles. The third-order valence-corrected chi connectivity index (χ3v) is 5.45. The molecule has 1 nitrogen and oxygen atoms in total. The summed E-state index contributed by atoms with van der Waals surface area (Å²) in [5, 5.41) is 0. The van der Waals surface area contributed by atoms with Crippen LogP contribution >= 0.6 is 47.8 Å². The van der Waals surface area contributed by atoms with E-state index in [4.69, 9.17) is 0 Å². The first-order valence-corrected chi connectivity index (χ1v) is 9.86. The number of carbonyl (C=O) groups is 1. The maximum Gasteiger partial charge on any atom is 0.151 e. The van der Waals surface area contributed by atoms with E-state index in [1.807, 2.05) is 54.6 Å². The minimum Gasteiger partial charge on any atom is -0.298 e. The van der Waals surface area contributed by atoms with Crippen LogP contribution in [0.1, 0.15) is 21.5 Å². The van der Waals surface area contributed by atoms with Crippen LogP contribution in [-0.4, -0.2) is 6.29 Å². The summed E-state index contributed by atoms with van der Waals surface area (Å²) in [4.78, 5) is 10.2. The molecule has 0 bridgehead atoms. The fourth-order valence-electron chi connectivity index (χ4n) is 1.97. The lowest BCUT2D eigenvalue weighted by molar-refractivity contribution is 0.112. The van der Waals surface area contributed by atoms with Crippen LogP contribution in [0.4, 0.5) is 0 Å². The fraction of sp³-hybridized carbons (Fsp3) is 0. The van der Waals surface area contributed by atoms with Gasteiger partial charge in [-0.15, -0.1) is 0 Å². The Morgan fingerprint density at radius 3 is 1.12 bits per heavy atom. The number of halogens is 3. The molecule has 0 spiro atoms. The number of benzene rings is 3. The van der Waals surface area contributed by atoms with Gasteiger partial charge in [-0.1, -0.05) is 115 Å².